The summed E-state index contributed by atoms with van der Waals surface area (Å²) in [6.45, 7) is 3.75. The van der Waals surface area contributed by atoms with Gasteiger partial charge in [-0.25, -0.2) is 4.39 Å². The van der Waals surface area contributed by atoms with Gasteiger partial charge in [0, 0.05) is 18.6 Å². The van der Waals surface area contributed by atoms with E-state index in [0.717, 1.165) is 30.9 Å². The Labute approximate surface area is 115 Å². The number of likely N-dealkylation sites (N-methyl/N-ethyl adjacent to an activating group) is 1. The Bertz CT molecular complexity index is 421. The first kappa shape index (κ1) is 14.5. The van der Waals surface area contributed by atoms with Crippen LogP contribution in [0.4, 0.5) is 4.39 Å². The predicted molar refractivity (Wildman–Crippen MR) is 77.3 cm³/mol. The summed E-state index contributed by atoms with van der Waals surface area (Å²) in [6.07, 6.45) is 4.84. The van der Waals surface area contributed by atoms with Crippen LogP contribution in [0.2, 0.25) is 0 Å². The summed E-state index contributed by atoms with van der Waals surface area (Å²) in [4.78, 5) is 2.33. The van der Waals surface area contributed by atoms with E-state index in [1.165, 1.54) is 18.9 Å². The van der Waals surface area contributed by atoms with Crippen LogP contribution in [0.5, 0.6) is 0 Å². The highest BCUT2D eigenvalue weighted by Crippen LogP contribution is 2.36. The number of benzene rings is 1. The molecule has 19 heavy (non-hydrogen) atoms. The van der Waals surface area contributed by atoms with Crippen molar-refractivity contribution in [2.45, 2.75) is 44.7 Å². The van der Waals surface area contributed by atoms with E-state index < -0.39 is 0 Å². The Kier molecular flexibility index (Phi) is 4.58. The normalized spacial score (nSPS) is 27.7. The third kappa shape index (κ3) is 3.34. The van der Waals surface area contributed by atoms with E-state index in [1.807, 2.05) is 6.07 Å². The van der Waals surface area contributed by atoms with Crippen molar-refractivity contribution in [1.29, 1.82) is 0 Å². The first-order chi connectivity index (χ1) is 9.05. The Morgan fingerprint density at radius 1 is 1.47 bits per heavy atom. The lowest BCUT2D eigenvalue weighted by atomic mass is 9.75. The van der Waals surface area contributed by atoms with E-state index in [0.29, 0.717) is 6.54 Å². The Morgan fingerprint density at radius 3 is 2.89 bits per heavy atom. The SMILES string of the molecule is CC1CCCC(CN)(N(C)Cc2cccc(F)c2)C1. The molecule has 1 aromatic rings. The average Bonchev–Trinajstić information content (AvgIpc) is 2.38. The second kappa shape index (κ2) is 6.02. The van der Waals surface area contributed by atoms with E-state index in [-0.39, 0.29) is 11.4 Å². The molecule has 1 saturated carbocycles. The van der Waals surface area contributed by atoms with Crippen molar-refractivity contribution in [3.63, 3.8) is 0 Å². The van der Waals surface area contributed by atoms with Crippen LogP contribution in [0.15, 0.2) is 24.3 Å². The van der Waals surface area contributed by atoms with Gasteiger partial charge in [0.25, 0.3) is 0 Å². The van der Waals surface area contributed by atoms with Gasteiger partial charge in [0.2, 0.25) is 0 Å². The monoisotopic (exact) mass is 264 g/mol. The summed E-state index contributed by atoms with van der Waals surface area (Å²) < 4.78 is 13.3. The van der Waals surface area contributed by atoms with Gasteiger partial charge in [0.1, 0.15) is 5.82 Å². The fraction of sp³-hybridized carbons (Fsp3) is 0.625. The van der Waals surface area contributed by atoms with Crippen molar-refractivity contribution in [3.05, 3.63) is 35.6 Å². The van der Waals surface area contributed by atoms with E-state index in [9.17, 15) is 4.39 Å². The highest BCUT2D eigenvalue weighted by Gasteiger charge is 2.37. The van der Waals surface area contributed by atoms with Gasteiger partial charge in [-0.1, -0.05) is 31.9 Å². The van der Waals surface area contributed by atoms with Crippen LogP contribution in [0, 0.1) is 11.7 Å². The molecule has 106 valence electrons. The predicted octanol–water partition coefficient (Wildman–Crippen LogP) is 3.17. The molecule has 0 saturated heterocycles. The molecule has 0 aromatic heterocycles. The van der Waals surface area contributed by atoms with Crippen molar-refractivity contribution in [3.8, 4) is 0 Å². The molecule has 1 aliphatic carbocycles. The lowest BCUT2D eigenvalue weighted by Crippen LogP contribution is -2.54. The van der Waals surface area contributed by atoms with Crippen molar-refractivity contribution in [2.75, 3.05) is 13.6 Å². The van der Waals surface area contributed by atoms with Crippen LogP contribution in [0.1, 0.15) is 38.2 Å². The lowest BCUT2D eigenvalue weighted by Gasteiger charge is -2.46. The Balaban J connectivity index is 2.10. The Morgan fingerprint density at radius 2 is 2.26 bits per heavy atom. The van der Waals surface area contributed by atoms with Crippen molar-refractivity contribution < 1.29 is 4.39 Å². The largest absolute Gasteiger partial charge is 0.329 e. The second-order valence-corrected chi connectivity index (χ2v) is 6.12. The summed E-state index contributed by atoms with van der Waals surface area (Å²) in [6, 6.07) is 6.87. The van der Waals surface area contributed by atoms with Crippen LogP contribution >= 0.6 is 0 Å². The molecule has 1 aliphatic rings. The van der Waals surface area contributed by atoms with Gasteiger partial charge in [0.05, 0.1) is 0 Å². The maximum absolute atomic E-state index is 13.3. The first-order valence-corrected chi connectivity index (χ1v) is 7.21. The maximum Gasteiger partial charge on any atom is 0.123 e. The zero-order valence-corrected chi connectivity index (χ0v) is 12.0. The number of nitrogens with zero attached hydrogens (tertiary/aromatic N) is 1. The minimum Gasteiger partial charge on any atom is -0.329 e. The summed E-state index contributed by atoms with van der Waals surface area (Å²) in [7, 11) is 2.12. The summed E-state index contributed by atoms with van der Waals surface area (Å²) in [5.74, 6) is 0.567. The standard InChI is InChI=1S/C16H25FN2/c1-13-5-4-8-16(10-13,12-18)19(2)11-14-6-3-7-15(17)9-14/h3,6-7,9,13H,4-5,8,10-12,18H2,1-2H3. The number of rotatable bonds is 4. The Hall–Kier alpha value is -0.930. The number of hydrogen-bond acceptors (Lipinski definition) is 2. The fourth-order valence-electron chi connectivity index (χ4n) is 3.40. The summed E-state index contributed by atoms with van der Waals surface area (Å²) >= 11 is 0. The minimum absolute atomic E-state index is 0.0873. The molecular formula is C16H25FN2. The molecule has 0 radical (unpaired) electrons. The highest BCUT2D eigenvalue weighted by atomic mass is 19.1. The maximum atomic E-state index is 13.3. The minimum atomic E-state index is -0.162. The molecule has 3 heteroatoms. The van der Waals surface area contributed by atoms with Crippen LogP contribution in [-0.4, -0.2) is 24.0 Å². The van der Waals surface area contributed by atoms with Crippen LogP contribution in [0.25, 0.3) is 0 Å². The van der Waals surface area contributed by atoms with Gasteiger partial charge in [-0.2, -0.15) is 0 Å². The lowest BCUT2D eigenvalue weighted by molar-refractivity contribution is 0.0554. The van der Waals surface area contributed by atoms with Crippen LogP contribution < -0.4 is 5.73 Å². The van der Waals surface area contributed by atoms with E-state index in [4.69, 9.17) is 5.73 Å². The van der Waals surface area contributed by atoms with Gasteiger partial charge in [0.15, 0.2) is 0 Å². The van der Waals surface area contributed by atoms with Gasteiger partial charge < -0.3 is 5.73 Å². The van der Waals surface area contributed by atoms with Crippen molar-refractivity contribution >= 4 is 0 Å². The molecule has 1 fully saturated rings. The molecule has 0 spiro atoms. The summed E-state index contributed by atoms with van der Waals surface area (Å²) in [5, 5.41) is 0. The number of halogens is 1. The summed E-state index contributed by atoms with van der Waals surface area (Å²) in [5.41, 5.74) is 7.18. The zero-order valence-electron chi connectivity index (χ0n) is 12.0. The topological polar surface area (TPSA) is 29.3 Å². The molecule has 2 nitrogen and oxygen atoms in total. The third-order valence-corrected chi connectivity index (χ3v) is 4.57. The van der Waals surface area contributed by atoms with Gasteiger partial charge in [-0.15, -0.1) is 0 Å². The fourth-order valence-corrected chi connectivity index (χ4v) is 3.40. The molecule has 0 aliphatic heterocycles. The van der Waals surface area contributed by atoms with Gasteiger partial charge in [-0.3, -0.25) is 4.90 Å². The smallest absolute Gasteiger partial charge is 0.123 e. The second-order valence-electron chi connectivity index (χ2n) is 6.12. The van der Waals surface area contributed by atoms with Crippen LogP contribution in [0.3, 0.4) is 0 Å². The van der Waals surface area contributed by atoms with Crippen LogP contribution in [-0.2, 0) is 6.54 Å². The molecule has 0 amide bonds. The molecule has 2 atom stereocenters. The van der Waals surface area contributed by atoms with E-state index >= 15 is 0 Å². The van der Waals surface area contributed by atoms with Gasteiger partial charge in [-0.05, 0) is 43.5 Å². The molecule has 2 N–H and O–H groups in total. The zero-order chi connectivity index (χ0) is 13.9. The number of nitrogens with two attached hydrogens (primary N) is 1. The molecule has 0 bridgehead atoms. The average molecular weight is 264 g/mol. The quantitative estimate of drug-likeness (QED) is 0.905. The first-order valence-electron chi connectivity index (χ1n) is 7.21. The molecule has 2 rings (SSSR count). The highest BCUT2D eigenvalue weighted by molar-refractivity contribution is 5.16. The molecule has 1 aromatic carbocycles. The van der Waals surface area contributed by atoms with Crippen molar-refractivity contribution in [1.82, 2.24) is 4.90 Å². The molecule has 0 heterocycles. The third-order valence-electron chi connectivity index (χ3n) is 4.57. The molecule has 2 unspecified atom stereocenters. The van der Waals surface area contributed by atoms with E-state index in [1.54, 1.807) is 12.1 Å². The van der Waals surface area contributed by atoms with Gasteiger partial charge >= 0.3 is 0 Å². The number of hydrogen-bond donors (Lipinski definition) is 1. The van der Waals surface area contributed by atoms with Crippen molar-refractivity contribution in [2.24, 2.45) is 11.7 Å². The van der Waals surface area contributed by atoms with E-state index in [2.05, 4.69) is 18.9 Å². The molecular weight excluding hydrogens is 239 g/mol.